The van der Waals surface area contributed by atoms with Crippen LogP contribution in [0.25, 0.3) is 0 Å². The van der Waals surface area contributed by atoms with Crippen LogP contribution in [-0.2, 0) is 29.1 Å². The number of benzene rings is 1. The van der Waals surface area contributed by atoms with Crippen molar-refractivity contribution in [2.75, 3.05) is 27.3 Å². The predicted octanol–water partition coefficient (Wildman–Crippen LogP) is 2.46. The zero-order valence-electron chi connectivity index (χ0n) is 17.5. The summed E-state index contributed by atoms with van der Waals surface area (Å²) in [5.74, 6) is -1.65. The van der Waals surface area contributed by atoms with Gasteiger partial charge >= 0.3 is 11.9 Å². The number of nitro groups is 1. The summed E-state index contributed by atoms with van der Waals surface area (Å²) < 4.78 is 36.7. The van der Waals surface area contributed by atoms with E-state index < -0.39 is 42.9 Å². The van der Waals surface area contributed by atoms with Crippen molar-refractivity contribution in [3.8, 4) is 0 Å². The molecule has 0 N–H and O–H groups in total. The highest BCUT2D eigenvalue weighted by atomic mass is 32.2. The number of sulfonamides is 1. The first kappa shape index (κ1) is 26.0. The average Bonchev–Trinajstić information content (AvgIpc) is 2.76. The number of allylic oxidation sites excluding steroid dienone is 1. The van der Waals surface area contributed by atoms with Gasteiger partial charge in [0.15, 0.2) is 10.3 Å². The van der Waals surface area contributed by atoms with Gasteiger partial charge in [0.1, 0.15) is 0 Å². The molecule has 0 saturated heterocycles. The first-order valence-electron chi connectivity index (χ1n) is 9.24. The van der Waals surface area contributed by atoms with E-state index in [0.29, 0.717) is 0 Å². The van der Waals surface area contributed by atoms with E-state index in [0.717, 1.165) is 30.7 Å². The van der Waals surface area contributed by atoms with Gasteiger partial charge in [0, 0.05) is 19.2 Å². The van der Waals surface area contributed by atoms with Crippen molar-refractivity contribution >= 4 is 27.6 Å². The molecule has 0 heterocycles. The molecule has 1 aromatic rings. The Balaban J connectivity index is 3.23. The van der Waals surface area contributed by atoms with Crippen LogP contribution in [0.1, 0.15) is 19.3 Å². The molecule has 170 valence electrons. The highest BCUT2D eigenvalue weighted by molar-refractivity contribution is 7.89. The molecule has 0 aliphatic heterocycles. The van der Waals surface area contributed by atoms with Gasteiger partial charge in [0.2, 0.25) is 10.0 Å². The zero-order valence-corrected chi connectivity index (χ0v) is 18.3. The van der Waals surface area contributed by atoms with Gasteiger partial charge in [0.25, 0.3) is 5.69 Å². The number of para-hydroxylation sites is 1. The van der Waals surface area contributed by atoms with Gasteiger partial charge in [-0.3, -0.25) is 19.7 Å². The lowest BCUT2D eigenvalue weighted by atomic mass is 9.80. The number of rotatable bonds is 13. The Kier molecular flexibility index (Phi) is 9.53. The average molecular weight is 455 g/mol. The van der Waals surface area contributed by atoms with Crippen LogP contribution >= 0.6 is 0 Å². The van der Waals surface area contributed by atoms with Crippen LogP contribution in [0.4, 0.5) is 5.69 Å². The minimum atomic E-state index is -4.25. The monoisotopic (exact) mass is 454 g/mol. The summed E-state index contributed by atoms with van der Waals surface area (Å²) in [5.41, 5.74) is -2.23. The maximum absolute atomic E-state index is 13.1. The molecule has 0 aliphatic carbocycles. The normalized spacial score (nSPS) is 11.6. The van der Waals surface area contributed by atoms with Crippen molar-refractivity contribution in [1.82, 2.24) is 4.31 Å². The van der Waals surface area contributed by atoms with Crippen LogP contribution in [0.3, 0.4) is 0 Å². The maximum Gasteiger partial charge on any atom is 0.323 e. The van der Waals surface area contributed by atoms with Gasteiger partial charge in [-0.15, -0.1) is 13.2 Å². The van der Waals surface area contributed by atoms with Crippen molar-refractivity contribution < 1.29 is 32.4 Å². The predicted molar refractivity (Wildman–Crippen MR) is 113 cm³/mol. The number of carbonyl (C=O) groups excluding carboxylic acids is 2. The van der Waals surface area contributed by atoms with Crippen LogP contribution in [0.15, 0.2) is 54.5 Å². The molecule has 0 bridgehead atoms. The van der Waals surface area contributed by atoms with Gasteiger partial charge in [-0.05, 0) is 25.3 Å². The fraction of sp³-hybridized carbons (Fsp3) is 0.400. The summed E-state index contributed by atoms with van der Waals surface area (Å²) in [7, 11) is -1.99. The van der Waals surface area contributed by atoms with E-state index in [9.17, 15) is 28.1 Å². The molecule has 31 heavy (non-hydrogen) atoms. The number of carbonyl (C=O) groups is 2. The third-order valence-electron chi connectivity index (χ3n) is 4.67. The van der Waals surface area contributed by atoms with Crippen LogP contribution in [-0.4, -0.2) is 56.9 Å². The van der Waals surface area contributed by atoms with Crippen LogP contribution in [0.5, 0.6) is 0 Å². The fourth-order valence-electron chi connectivity index (χ4n) is 3.17. The van der Waals surface area contributed by atoms with E-state index in [4.69, 9.17) is 9.47 Å². The first-order valence-corrected chi connectivity index (χ1v) is 10.7. The van der Waals surface area contributed by atoms with Crippen molar-refractivity contribution in [3.63, 3.8) is 0 Å². The van der Waals surface area contributed by atoms with E-state index >= 15 is 0 Å². The van der Waals surface area contributed by atoms with Gasteiger partial charge in [-0.25, -0.2) is 8.42 Å². The van der Waals surface area contributed by atoms with Crippen molar-refractivity contribution in [3.05, 3.63) is 59.7 Å². The largest absolute Gasteiger partial charge is 0.468 e. The molecule has 0 spiro atoms. The summed E-state index contributed by atoms with van der Waals surface area (Å²) in [5, 5.41) is 11.3. The van der Waals surface area contributed by atoms with E-state index in [2.05, 4.69) is 13.2 Å². The Morgan fingerprint density at radius 1 is 1.16 bits per heavy atom. The van der Waals surface area contributed by atoms with E-state index in [1.807, 2.05) is 0 Å². The second-order valence-electron chi connectivity index (χ2n) is 6.54. The lowest BCUT2D eigenvalue weighted by Gasteiger charge is -2.28. The summed E-state index contributed by atoms with van der Waals surface area (Å²) in [6, 6.07) is 5.00. The molecule has 0 atom stereocenters. The Hall–Kier alpha value is -3.05. The first-order chi connectivity index (χ1) is 14.6. The maximum atomic E-state index is 13.1. The van der Waals surface area contributed by atoms with Crippen molar-refractivity contribution in [1.29, 1.82) is 0 Å². The molecule has 1 aromatic carbocycles. The molecule has 11 heteroatoms. The number of esters is 2. The minimum Gasteiger partial charge on any atom is -0.468 e. The molecule has 0 aliphatic rings. The minimum absolute atomic E-state index is 0.0613. The highest BCUT2D eigenvalue weighted by Gasteiger charge is 2.47. The van der Waals surface area contributed by atoms with Gasteiger partial charge in [-0.1, -0.05) is 24.3 Å². The molecular formula is C20H26N2O8S. The number of hydrogen-bond donors (Lipinski definition) is 0. The Bertz CT molecular complexity index is 926. The quantitative estimate of drug-likeness (QED) is 0.146. The number of ether oxygens (including phenoxy) is 2. The van der Waals surface area contributed by atoms with E-state index in [1.54, 1.807) is 0 Å². The molecule has 0 unspecified atom stereocenters. The van der Waals surface area contributed by atoms with Gasteiger partial charge in [-0.2, -0.15) is 4.31 Å². The third kappa shape index (κ3) is 5.76. The molecule has 10 nitrogen and oxygen atoms in total. The highest BCUT2D eigenvalue weighted by Crippen LogP contribution is 2.33. The molecular weight excluding hydrogens is 428 g/mol. The van der Waals surface area contributed by atoms with Crippen LogP contribution in [0, 0.1) is 15.5 Å². The topological polar surface area (TPSA) is 133 Å². The Morgan fingerprint density at radius 3 is 2.23 bits per heavy atom. The number of nitro benzene ring substituents is 1. The smallest absolute Gasteiger partial charge is 0.323 e. The lowest BCUT2D eigenvalue weighted by Crippen LogP contribution is -2.42. The molecule has 0 amide bonds. The Morgan fingerprint density at radius 2 is 1.74 bits per heavy atom. The molecule has 0 radical (unpaired) electrons. The molecule has 0 aromatic heterocycles. The second kappa shape index (κ2) is 11.4. The standard InChI is InChI=1S/C20H26N2O8S/c1-5-12-20(18(23)29-3,19(24)30-4)13-9-15-21(14-6-2)31(27,28)17-11-8-7-10-16(17)22(25)26/h5-8,10-11H,1-2,9,12-15H2,3-4H3. The van der Waals surface area contributed by atoms with Crippen molar-refractivity contribution in [2.45, 2.75) is 24.2 Å². The molecule has 0 saturated carbocycles. The molecule has 0 fully saturated rings. The van der Waals surface area contributed by atoms with Gasteiger partial charge < -0.3 is 9.47 Å². The summed E-state index contributed by atoms with van der Waals surface area (Å²) in [6.45, 7) is 6.83. The van der Waals surface area contributed by atoms with Crippen LogP contribution in [0.2, 0.25) is 0 Å². The zero-order chi connectivity index (χ0) is 23.7. The Labute approximate surface area is 181 Å². The summed E-state index contributed by atoms with van der Waals surface area (Å²) in [6.07, 6.45) is 2.62. The number of methoxy groups -OCH3 is 2. The fourth-order valence-corrected chi connectivity index (χ4v) is 4.78. The van der Waals surface area contributed by atoms with E-state index in [-0.39, 0.29) is 32.4 Å². The van der Waals surface area contributed by atoms with E-state index in [1.165, 1.54) is 24.3 Å². The second-order valence-corrected chi connectivity index (χ2v) is 8.44. The third-order valence-corrected chi connectivity index (χ3v) is 6.58. The summed E-state index contributed by atoms with van der Waals surface area (Å²) >= 11 is 0. The van der Waals surface area contributed by atoms with Crippen LogP contribution < -0.4 is 0 Å². The summed E-state index contributed by atoms with van der Waals surface area (Å²) in [4.78, 5) is 34.8. The number of hydrogen-bond acceptors (Lipinski definition) is 8. The van der Waals surface area contributed by atoms with Crippen molar-refractivity contribution in [2.24, 2.45) is 5.41 Å². The SMILES string of the molecule is C=CCN(CCCC(CC=C)(C(=O)OC)C(=O)OC)S(=O)(=O)c1ccccc1[N+](=O)[O-]. The lowest BCUT2D eigenvalue weighted by molar-refractivity contribution is -0.387. The molecule has 1 rings (SSSR count). The number of nitrogens with zero attached hydrogens (tertiary/aromatic N) is 2. The van der Waals surface area contributed by atoms with Gasteiger partial charge in [0.05, 0.1) is 19.1 Å².